The van der Waals surface area contributed by atoms with E-state index in [-0.39, 0.29) is 12.8 Å². The number of nitrogens with one attached hydrogen (secondary N) is 3. The van der Waals surface area contributed by atoms with Gasteiger partial charge in [0, 0.05) is 12.8 Å². The molecule has 3 rings (SSSR count). The maximum absolute atomic E-state index is 13.7. The number of hydrogen-bond donors (Lipinski definition) is 5. The Balaban J connectivity index is 1.81. The Morgan fingerprint density at radius 2 is 1.22 bits per heavy atom. The second kappa shape index (κ2) is 16.2. The van der Waals surface area contributed by atoms with Crippen LogP contribution in [0.4, 0.5) is 4.79 Å². The van der Waals surface area contributed by atoms with E-state index in [9.17, 15) is 24.3 Å². The van der Waals surface area contributed by atoms with Crippen molar-refractivity contribution < 1.29 is 33.8 Å². The van der Waals surface area contributed by atoms with Gasteiger partial charge in [-0.15, -0.1) is 0 Å². The van der Waals surface area contributed by atoms with Crippen LogP contribution in [0.3, 0.4) is 0 Å². The number of nitrogens with two attached hydrogens (primary N) is 1. The fourth-order valence-corrected chi connectivity index (χ4v) is 4.37. The third-order valence-corrected chi connectivity index (χ3v) is 6.62. The largest absolute Gasteiger partial charge is 0.489 e. The van der Waals surface area contributed by atoms with Crippen LogP contribution < -0.4 is 26.4 Å². The van der Waals surface area contributed by atoms with Crippen molar-refractivity contribution in [3.63, 3.8) is 0 Å². The van der Waals surface area contributed by atoms with E-state index in [0.717, 1.165) is 11.1 Å². The lowest BCUT2D eigenvalue weighted by molar-refractivity contribution is -0.133. The predicted molar refractivity (Wildman–Crippen MR) is 169 cm³/mol. The Kier molecular flexibility index (Phi) is 12.5. The Hall–Kier alpha value is -4.90. The minimum Gasteiger partial charge on any atom is -0.489 e. The van der Waals surface area contributed by atoms with Crippen molar-refractivity contribution >= 4 is 23.8 Å². The number of aliphatic hydroxyl groups is 1. The highest BCUT2D eigenvalue weighted by molar-refractivity contribution is 5.94. The van der Waals surface area contributed by atoms with Gasteiger partial charge in [-0.25, -0.2) is 4.79 Å². The van der Waals surface area contributed by atoms with Crippen LogP contribution in [0, 0.1) is 0 Å². The summed E-state index contributed by atoms with van der Waals surface area (Å²) >= 11 is 0. The highest BCUT2D eigenvalue weighted by Gasteiger charge is 2.31. The Morgan fingerprint density at radius 3 is 1.73 bits per heavy atom. The summed E-state index contributed by atoms with van der Waals surface area (Å²) < 4.78 is 11.2. The van der Waals surface area contributed by atoms with Crippen LogP contribution in [-0.2, 0) is 38.6 Å². The highest BCUT2D eigenvalue weighted by atomic mass is 16.6. The summed E-state index contributed by atoms with van der Waals surface area (Å²) in [6, 6.07) is 22.1. The molecule has 4 atom stereocenters. The van der Waals surface area contributed by atoms with Gasteiger partial charge in [-0.05, 0) is 56.5 Å². The molecule has 0 radical (unpaired) electrons. The van der Waals surface area contributed by atoms with Crippen LogP contribution in [0.2, 0.25) is 0 Å². The average molecular weight is 619 g/mol. The zero-order valence-electron chi connectivity index (χ0n) is 26.0. The van der Waals surface area contributed by atoms with Crippen molar-refractivity contribution in [1.82, 2.24) is 16.0 Å². The quantitative estimate of drug-likeness (QED) is 0.185. The molecule has 0 aliphatic heterocycles. The molecule has 3 aromatic rings. The maximum Gasteiger partial charge on any atom is 0.408 e. The lowest BCUT2D eigenvalue weighted by atomic mass is 10.0. The summed E-state index contributed by atoms with van der Waals surface area (Å²) in [5, 5.41) is 17.8. The molecule has 0 bridgehead atoms. The SMILES string of the molecule is C[C@@H](O)[C@@H](NC(=O)[C@@H](Cc1ccc(OCc2ccccc2)cc1)NC(=O)[C@@H](Cc1ccccc1)NC(=O)OC(C)(C)C)C(N)=O. The number of carbonyl (C=O) groups is 4. The van der Waals surface area contributed by atoms with Crippen molar-refractivity contribution in [2.24, 2.45) is 5.73 Å². The molecule has 0 unspecified atom stereocenters. The van der Waals surface area contributed by atoms with E-state index in [0.29, 0.717) is 17.9 Å². The van der Waals surface area contributed by atoms with Gasteiger partial charge >= 0.3 is 6.09 Å². The molecular weight excluding hydrogens is 576 g/mol. The Morgan fingerprint density at radius 1 is 0.733 bits per heavy atom. The van der Waals surface area contributed by atoms with Gasteiger partial charge in [0.25, 0.3) is 0 Å². The first-order valence-corrected chi connectivity index (χ1v) is 14.7. The van der Waals surface area contributed by atoms with Crippen LogP contribution in [0.25, 0.3) is 0 Å². The molecule has 240 valence electrons. The van der Waals surface area contributed by atoms with Crippen LogP contribution in [0.1, 0.15) is 44.4 Å². The van der Waals surface area contributed by atoms with E-state index in [1.165, 1.54) is 6.92 Å². The molecule has 0 heterocycles. The Bertz CT molecular complexity index is 1410. The monoisotopic (exact) mass is 618 g/mol. The predicted octanol–water partition coefficient (Wildman–Crippen LogP) is 2.78. The number of benzene rings is 3. The number of primary amides is 1. The number of alkyl carbamates (subject to hydrolysis) is 1. The average Bonchev–Trinajstić information content (AvgIpc) is 2.98. The molecule has 3 aromatic carbocycles. The van der Waals surface area contributed by atoms with E-state index in [4.69, 9.17) is 15.2 Å². The van der Waals surface area contributed by atoms with E-state index >= 15 is 0 Å². The van der Waals surface area contributed by atoms with Gasteiger partial charge < -0.3 is 36.3 Å². The minimum absolute atomic E-state index is 0.0202. The molecule has 0 aromatic heterocycles. The van der Waals surface area contributed by atoms with Gasteiger partial charge in [-0.3, -0.25) is 14.4 Å². The number of hydrogen-bond acceptors (Lipinski definition) is 7. The normalized spacial score (nSPS) is 13.8. The van der Waals surface area contributed by atoms with Crippen molar-refractivity contribution in [1.29, 1.82) is 0 Å². The smallest absolute Gasteiger partial charge is 0.408 e. The molecule has 4 amide bonds. The number of carbonyl (C=O) groups excluding carboxylic acids is 4. The first kappa shape index (κ1) is 34.6. The summed E-state index contributed by atoms with van der Waals surface area (Å²) in [6.07, 6.45) is -1.94. The van der Waals surface area contributed by atoms with Crippen molar-refractivity contribution in [2.45, 2.75) is 77.0 Å². The van der Waals surface area contributed by atoms with E-state index in [1.807, 2.05) is 48.5 Å². The Labute approximate surface area is 263 Å². The molecule has 0 spiro atoms. The van der Waals surface area contributed by atoms with Gasteiger partial charge in [-0.1, -0.05) is 72.8 Å². The summed E-state index contributed by atoms with van der Waals surface area (Å²) in [6.45, 7) is 6.80. The summed E-state index contributed by atoms with van der Waals surface area (Å²) in [7, 11) is 0. The third-order valence-electron chi connectivity index (χ3n) is 6.62. The van der Waals surface area contributed by atoms with Gasteiger partial charge in [0.05, 0.1) is 6.10 Å². The van der Waals surface area contributed by atoms with Crippen LogP contribution >= 0.6 is 0 Å². The number of aliphatic hydroxyl groups excluding tert-OH is 1. The molecule has 0 saturated carbocycles. The second-order valence-corrected chi connectivity index (χ2v) is 11.7. The van der Waals surface area contributed by atoms with Crippen LogP contribution in [-0.4, -0.2) is 58.8 Å². The molecule has 6 N–H and O–H groups in total. The number of ether oxygens (including phenoxy) is 2. The molecular formula is C34H42N4O7. The first-order valence-electron chi connectivity index (χ1n) is 14.7. The molecule has 11 heteroatoms. The highest BCUT2D eigenvalue weighted by Crippen LogP contribution is 2.16. The van der Waals surface area contributed by atoms with E-state index in [1.54, 1.807) is 57.2 Å². The fourth-order valence-electron chi connectivity index (χ4n) is 4.37. The van der Waals surface area contributed by atoms with E-state index in [2.05, 4.69) is 16.0 Å². The van der Waals surface area contributed by atoms with E-state index < -0.39 is 53.6 Å². The fraction of sp³-hybridized carbons (Fsp3) is 0.353. The van der Waals surface area contributed by atoms with Crippen molar-refractivity contribution in [3.8, 4) is 5.75 Å². The molecule has 0 fully saturated rings. The zero-order chi connectivity index (χ0) is 33.0. The third kappa shape index (κ3) is 12.0. The first-order chi connectivity index (χ1) is 21.3. The molecule has 45 heavy (non-hydrogen) atoms. The molecule has 0 aliphatic carbocycles. The number of amides is 4. The molecule has 11 nitrogen and oxygen atoms in total. The van der Waals surface area contributed by atoms with Gasteiger partial charge in [-0.2, -0.15) is 0 Å². The standard InChI is InChI=1S/C34H42N4O7/c1-22(39)29(30(35)40)38-32(42)27(20-24-15-17-26(18-16-24)44-21-25-13-9-6-10-14-25)36-31(41)28(19-23-11-7-5-8-12-23)37-33(43)45-34(2,3)4/h5-18,22,27-29,39H,19-21H2,1-4H3,(H2,35,40)(H,36,41)(H,37,43)(H,38,42)/t22-,27-,28-,29-/m1/s1. The summed E-state index contributed by atoms with van der Waals surface area (Å²) in [4.78, 5) is 51.7. The zero-order valence-corrected chi connectivity index (χ0v) is 26.0. The van der Waals surface area contributed by atoms with Crippen LogP contribution in [0.5, 0.6) is 5.75 Å². The second-order valence-electron chi connectivity index (χ2n) is 11.7. The summed E-state index contributed by atoms with van der Waals surface area (Å²) in [5.74, 6) is -1.72. The number of rotatable bonds is 14. The lowest BCUT2D eigenvalue weighted by Gasteiger charge is -2.27. The summed E-state index contributed by atoms with van der Waals surface area (Å²) in [5.41, 5.74) is 7.04. The topological polar surface area (TPSA) is 169 Å². The molecule has 0 aliphatic rings. The maximum atomic E-state index is 13.7. The van der Waals surface area contributed by atoms with Gasteiger partial charge in [0.2, 0.25) is 17.7 Å². The van der Waals surface area contributed by atoms with Gasteiger partial charge in [0.1, 0.15) is 36.1 Å². The van der Waals surface area contributed by atoms with Crippen molar-refractivity contribution in [2.75, 3.05) is 0 Å². The van der Waals surface area contributed by atoms with Crippen molar-refractivity contribution in [3.05, 3.63) is 102 Å². The minimum atomic E-state index is -1.38. The molecule has 0 saturated heterocycles. The van der Waals surface area contributed by atoms with Crippen LogP contribution in [0.15, 0.2) is 84.9 Å². The van der Waals surface area contributed by atoms with Gasteiger partial charge in [0.15, 0.2) is 0 Å². The lowest BCUT2D eigenvalue weighted by Crippen LogP contribution is -2.59.